The van der Waals surface area contributed by atoms with Crippen LogP contribution in [0.25, 0.3) is 0 Å². The fourth-order valence-corrected chi connectivity index (χ4v) is 5.82. The van der Waals surface area contributed by atoms with E-state index in [2.05, 4.69) is 28.0 Å². The second kappa shape index (κ2) is 14.4. The quantitative estimate of drug-likeness (QED) is 0.290. The van der Waals surface area contributed by atoms with Crippen molar-refractivity contribution in [3.63, 3.8) is 0 Å². The lowest BCUT2D eigenvalue weighted by atomic mass is 9.98. The number of nitrogens with two attached hydrogens (primary N) is 3. The third-order valence-electron chi connectivity index (χ3n) is 7.96. The highest BCUT2D eigenvalue weighted by Gasteiger charge is 2.30. The van der Waals surface area contributed by atoms with Crippen LogP contribution < -0.4 is 17.2 Å². The highest BCUT2D eigenvalue weighted by Crippen LogP contribution is 2.44. The Morgan fingerprint density at radius 2 is 1.22 bits per heavy atom. The zero-order valence-electron chi connectivity index (χ0n) is 25.2. The van der Waals surface area contributed by atoms with Gasteiger partial charge in [-0.15, -0.1) is 0 Å². The monoisotopic (exact) mass is 654 g/mol. The highest BCUT2D eigenvalue weighted by molar-refractivity contribution is 6.31. The van der Waals surface area contributed by atoms with Gasteiger partial charge in [0, 0.05) is 10.0 Å². The van der Waals surface area contributed by atoms with Gasteiger partial charge in [0.25, 0.3) is 18.1 Å². The maximum atomic E-state index is 13.2. The van der Waals surface area contributed by atoms with E-state index in [4.69, 9.17) is 54.6 Å². The second-order valence-electron chi connectivity index (χ2n) is 11.1. The van der Waals surface area contributed by atoms with Gasteiger partial charge in [0.15, 0.2) is 0 Å². The van der Waals surface area contributed by atoms with E-state index in [0.29, 0.717) is 37.3 Å². The van der Waals surface area contributed by atoms with E-state index in [9.17, 15) is 4.39 Å². The first-order chi connectivity index (χ1) is 21.6. The minimum Gasteiger partial charge on any atom is -0.463 e. The molecule has 3 atom stereocenters. The normalized spacial score (nSPS) is 21.5. The molecule has 0 amide bonds. The van der Waals surface area contributed by atoms with Gasteiger partial charge in [-0.25, -0.2) is 19.4 Å². The molecule has 9 nitrogen and oxygen atoms in total. The van der Waals surface area contributed by atoms with Crippen LogP contribution in [0.2, 0.25) is 10.0 Å². The van der Waals surface area contributed by atoms with Crippen LogP contribution in [0.15, 0.2) is 69.6 Å². The lowest BCUT2D eigenvalue weighted by Crippen LogP contribution is -2.10. The molecule has 0 radical (unpaired) electrons. The molecule has 1 saturated carbocycles. The van der Waals surface area contributed by atoms with Gasteiger partial charge >= 0.3 is 0 Å². The summed E-state index contributed by atoms with van der Waals surface area (Å²) in [6.45, 7) is 5.30. The van der Waals surface area contributed by atoms with Crippen LogP contribution in [0.5, 0.6) is 0 Å². The van der Waals surface area contributed by atoms with Crippen molar-refractivity contribution in [3.05, 3.63) is 104 Å². The molecule has 3 aliphatic heterocycles. The van der Waals surface area contributed by atoms with E-state index in [1.54, 1.807) is 13.0 Å². The molecule has 1 fully saturated rings. The minimum absolute atomic E-state index is 0.0252. The van der Waals surface area contributed by atoms with E-state index < -0.39 is 0 Å². The molecule has 45 heavy (non-hydrogen) atoms. The predicted molar refractivity (Wildman–Crippen MR) is 176 cm³/mol. The van der Waals surface area contributed by atoms with Crippen LogP contribution in [0.4, 0.5) is 4.39 Å². The first kappa shape index (κ1) is 32.4. The molecule has 1 aliphatic carbocycles. The number of aryl methyl sites for hydroxylation is 1. The van der Waals surface area contributed by atoms with E-state index in [-0.39, 0.29) is 36.0 Å². The van der Waals surface area contributed by atoms with Crippen LogP contribution >= 0.6 is 23.2 Å². The summed E-state index contributed by atoms with van der Waals surface area (Å²) in [5.41, 5.74) is 22.7. The lowest BCUT2D eigenvalue weighted by molar-refractivity contribution is 0.314. The van der Waals surface area contributed by atoms with Crippen LogP contribution in [0.3, 0.4) is 0 Å². The Bertz CT molecular complexity index is 1630. The van der Waals surface area contributed by atoms with Crippen molar-refractivity contribution in [1.82, 2.24) is 0 Å². The highest BCUT2D eigenvalue weighted by atomic mass is 35.5. The summed E-state index contributed by atoms with van der Waals surface area (Å²) in [5, 5.41) is 1.55. The largest absolute Gasteiger partial charge is 0.463 e. The number of benzene rings is 3. The molecule has 4 aliphatic rings. The fourth-order valence-electron chi connectivity index (χ4n) is 5.44. The van der Waals surface area contributed by atoms with Gasteiger partial charge in [0.1, 0.15) is 43.8 Å². The summed E-state index contributed by atoms with van der Waals surface area (Å²) in [7, 11) is 0. The van der Waals surface area contributed by atoms with Crippen LogP contribution in [-0.4, -0.2) is 37.9 Å². The van der Waals surface area contributed by atoms with Crippen molar-refractivity contribution in [2.45, 2.75) is 57.2 Å². The molecule has 3 heterocycles. The van der Waals surface area contributed by atoms with E-state index in [1.165, 1.54) is 35.6 Å². The number of hydrogen-bond donors (Lipinski definition) is 3. The number of aliphatic imine (C=N–C) groups is 3. The number of amidine groups is 3. The number of halogens is 3. The number of ether oxygens (including phenoxy) is 3. The third-order valence-corrected chi connectivity index (χ3v) is 8.43. The van der Waals surface area contributed by atoms with Crippen molar-refractivity contribution in [2.75, 3.05) is 19.8 Å². The molecule has 7 rings (SSSR count). The molecule has 0 bridgehead atoms. The van der Waals surface area contributed by atoms with Gasteiger partial charge in [-0.2, -0.15) is 0 Å². The number of rotatable bonds is 5. The molecule has 1 unspecified atom stereocenters. The molecule has 238 valence electrons. The maximum absolute atomic E-state index is 13.2. The molecular weight excluding hydrogens is 618 g/mol. The summed E-state index contributed by atoms with van der Waals surface area (Å²) in [6, 6.07) is 17.5. The Balaban J connectivity index is 0.000000134. The summed E-state index contributed by atoms with van der Waals surface area (Å²) in [6.07, 6.45) is 3.43. The van der Waals surface area contributed by atoms with Gasteiger partial charge in [0.05, 0.1) is 0 Å². The standard InChI is InChI=1S/C12H13ClN2O.C11H13ClN2O.C10H11FN2O/c13-8-3-4-9(10(5-8)7-1-2-7)11-6-16-12(14)15-11;1-2-7-5-8(12)3-4-9(7)10-6-15-11(13)14-10;1-6-7(3-2-4-8(6)11)9-5-14-10(12)13-9/h3-5,7,11H,1-2,6H2,(H2,14,15);3-5,10H,2,6H2,1H3,(H2,13,14);2-4,9H,5H2,1H3,(H2,12,13)/t11-;10-;/m11./s1. The summed E-state index contributed by atoms with van der Waals surface area (Å²) in [5.74, 6) is 0.439. The second-order valence-corrected chi connectivity index (χ2v) is 12.0. The Morgan fingerprint density at radius 3 is 1.73 bits per heavy atom. The number of nitrogens with zero attached hydrogens (tertiary/aromatic N) is 3. The van der Waals surface area contributed by atoms with Crippen molar-refractivity contribution in [3.8, 4) is 0 Å². The lowest BCUT2D eigenvalue weighted by Gasteiger charge is -2.12. The molecule has 6 N–H and O–H groups in total. The minimum atomic E-state index is -0.219. The topological polar surface area (TPSA) is 143 Å². The van der Waals surface area contributed by atoms with Gasteiger partial charge in [-0.3, -0.25) is 0 Å². The molecule has 0 saturated heterocycles. The molecular formula is C33H37Cl2FN6O3. The smallest absolute Gasteiger partial charge is 0.282 e. The number of hydrogen-bond acceptors (Lipinski definition) is 9. The molecule has 3 aromatic rings. The molecule has 12 heteroatoms. The van der Waals surface area contributed by atoms with Gasteiger partial charge < -0.3 is 31.4 Å². The Labute approximate surface area is 272 Å². The van der Waals surface area contributed by atoms with Crippen molar-refractivity contribution < 1.29 is 18.6 Å². The maximum Gasteiger partial charge on any atom is 0.282 e. The summed E-state index contributed by atoms with van der Waals surface area (Å²) in [4.78, 5) is 12.6. The van der Waals surface area contributed by atoms with Gasteiger partial charge in [-0.1, -0.05) is 54.4 Å². The Hall–Kier alpha value is -4.02. The summed E-state index contributed by atoms with van der Waals surface area (Å²) < 4.78 is 28.6. The fraction of sp³-hybridized carbons (Fsp3) is 0.364. The van der Waals surface area contributed by atoms with E-state index >= 15 is 0 Å². The van der Waals surface area contributed by atoms with Crippen LogP contribution in [0, 0.1) is 12.7 Å². The van der Waals surface area contributed by atoms with Gasteiger partial charge in [-0.05, 0) is 95.8 Å². The SMILES string of the molecule is CCc1cc(Cl)ccc1[C@H]1COC(N)=N1.Cc1c(F)cccc1C1COC(N)=N1.NC1=N[C@@H](c2ccc(Cl)cc2C2CC2)CO1. The van der Waals surface area contributed by atoms with Crippen LogP contribution in [0.1, 0.15) is 77.2 Å². The first-order valence-corrected chi connectivity index (χ1v) is 15.6. The van der Waals surface area contributed by atoms with E-state index in [0.717, 1.165) is 27.6 Å². The average molecular weight is 656 g/mol. The predicted octanol–water partition coefficient (Wildman–Crippen LogP) is 6.41. The zero-order chi connectivity index (χ0) is 32.1. The zero-order valence-corrected chi connectivity index (χ0v) is 26.7. The molecule has 0 spiro atoms. The van der Waals surface area contributed by atoms with Gasteiger partial charge in [0.2, 0.25) is 0 Å². The van der Waals surface area contributed by atoms with Crippen LogP contribution in [-0.2, 0) is 20.6 Å². The van der Waals surface area contributed by atoms with Crippen molar-refractivity contribution in [2.24, 2.45) is 32.2 Å². The third kappa shape index (κ3) is 8.18. The van der Waals surface area contributed by atoms with E-state index in [1.807, 2.05) is 36.4 Å². The molecule has 3 aromatic carbocycles. The first-order valence-electron chi connectivity index (χ1n) is 14.8. The Kier molecular flexibility index (Phi) is 10.4. The average Bonchev–Trinajstić information content (AvgIpc) is 3.40. The van der Waals surface area contributed by atoms with Crippen molar-refractivity contribution >= 4 is 41.3 Å². The Morgan fingerprint density at radius 1 is 0.711 bits per heavy atom. The van der Waals surface area contributed by atoms with Crippen molar-refractivity contribution in [1.29, 1.82) is 0 Å². The summed E-state index contributed by atoms with van der Waals surface area (Å²) >= 11 is 12.0. The molecule has 0 aromatic heterocycles.